The van der Waals surface area contributed by atoms with E-state index in [2.05, 4.69) is 5.32 Å². The van der Waals surface area contributed by atoms with Gasteiger partial charge in [-0.15, -0.1) is 0 Å². The number of hydrogen-bond acceptors (Lipinski definition) is 3. The Morgan fingerprint density at radius 1 is 1.42 bits per heavy atom. The van der Waals surface area contributed by atoms with E-state index in [4.69, 9.17) is 10.2 Å². The zero-order valence-corrected chi connectivity index (χ0v) is 10.0. The van der Waals surface area contributed by atoms with Gasteiger partial charge in [0.1, 0.15) is 5.82 Å². The normalized spacial score (nSPS) is 12.3. The maximum absolute atomic E-state index is 12.8. The second-order valence-corrected chi connectivity index (χ2v) is 3.82. The number of aliphatic carboxylic acids is 1. The van der Waals surface area contributed by atoms with Crippen LogP contribution in [0.3, 0.4) is 0 Å². The van der Waals surface area contributed by atoms with Crippen molar-refractivity contribution in [3.8, 4) is 0 Å². The summed E-state index contributed by atoms with van der Waals surface area (Å²) >= 11 is 0. The summed E-state index contributed by atoms with van der Waals surface area (Å²) in [6, 6.07) is 5.74. The zero-order valence-electron chi connectivity index (χ0n) is 10.0. The molecule has 0 spiro atoms. The summed E-state index contributed by atoms with van der Waals surface area (Å²) in [6.45, 7) is 0.0415. The molecule has 1 aromatic carbocycles. The molecule has 0 saturated carbocycles. The average Bonchev–Trinajstić information content (AvgIpc) is 2.36. The van der Waals surface area contributed by atoms with Crippen molar-refractivity contribution in [1.29, 1.82) is 0 Å². The van der Waals surface area contributed by atoms with Crippen LogP contribution in [0.25, 0.3) is 6.08 Å². The van der Waals surface area contributed by atoms with E-state index in [1.807, 2.05) is 0 Å². The molecule has 1 atom stereocenters. The van der Waals surface area contributed by atoms with Crippen molar-refractivity contribution in [3.05, 3.63) is 41.7 Å². The second kappa shape index (κ2) is 7.27. The zero-order chi connectivity index (χ0) is 14.3. The quantitative estimate of drug-likeness (QED) is 0.665. The first-order chi connectivity index (χ1) is 8.99. The molecule has 0 saturated heterocycles. The smallest absolute Gasteiger partial charge is 0.332 e. The van der Waals surface area contributed by atoms with Crippen molar-refractivity contribution in [1.82, 2.24) is 5.32 Å². The number of carboxylic acid groups (broad SMARTS) is 1. The highest BCUT2D eigenvalue weighted by Crippen LogP contribution is 2.05. The van der Waals surface area contributed by atoms with Crippen molar-refractivity contribution in [2.75, 3.05) is 6.54 Å². The van der Waals surface area contributed by atoms with Gasteiger partial charge in [-0.05, 0) is 23.8 Å². The lowest BCUT2D eigenvalue weighted by atomic mass is 10.2. The van der Waals surface area contributed by atoms with E-state index in [1.54, 1.807) is 6.07 Å². The van der Waals surface area contributed by atoms with Gasteiger partial charge in [-0.25, -0.2) is 9.18 Å². The number of nitrogens with one attached hydrogen (secondary N) is 1. The topological polar surface area (TPSA) is 86.6 Å². The van der Waals surface area contributed by atoms with E-state index in [-0.39, 0.29) is 13.0 Å². The van der Waals surface area contributed by atoms with Crippen molar-refractivity contribution in [2.24, 2.45) is 0 Å². The van der Waals surface area contributed by atoms with Crippen molar-refractivity contribution in [2.45, 2.75) is 12.5 Å². The second-order valence-electron chi connectivity index (χ2n) is 3.82. The molecule has 0 fully saturated rings. The minimum atomic E-state index is -1.49. The number of aliphatic hydroxyl groups excluding tert-OH is 1. The highest BCUT2D eigenvalue weighted by Gasteiger charge is 2.12. The van der Waals surface area contributed by atoms with Crippen LogP contribution >= 0.6 is 0 Å². The predicted molar refractivity (Wildman–Crippen MR) is 66.7 cm³/mol. The molecule has 19 heavy (non-hydrogen) atoms. The SMILES string of the molecule is O=C(/C=C/c1cccc(F)c1)NCCC(O)C(=O)O. The summed E-state index contributed by atoms with van der Waals surface area (Å²) < 4.78 is 12.8. The van der Waals surface area contributed by atoms with E-state index in [1.165, 1.54) is 30.4 Å². The fraction of sp³-hybridized carbons (Fsp3) is 0.231. The summed E-state index contributed by atoms with van der Waals surface area (Å²) in [5.41, 5.74) is 0.542. The van der Waals surface area contributed by atoms with Crippen LogP contribution in [-0.2, 0) is 9.59 Å². The molecule has 1 rings (SSSR count). The van der Waals surface area contributed by atoms with Gasteiger partial charge in [0.05, 0.1) is 0 Å². The first-order valence-corrected chi connectivity index (χ1v) is 5.61. The molecule has 5 nitrogen and oxygen atoms in total. The number of hydrogen-bond donors (Lipinski definition) is 3. The molecule has 0 aliphatic heterocycles. The molecule has 3 N–H and O–H groups in total. The Morgan fingerprint density at radius 2 is 2.16 bits per heavy atom. The summed E-state index contributed by atoms with van der Waals surface area (Å²) in [5.74, 6) is -2.17. The Balaban J connectivity index is 2.37. The Kier molecular flexibility index (Phi) is 5.69. The molecule has 0 aliphatic carbocycles. The van der Waals surface area contributed by atoms with Crippen LogP contribution in [0.1, 0.15) is 12.0 Å². The van der Waals surface area contributed by atoms with E-state index in [9.17, 15) is 14.0 Å². The minimum Gasteiger partial charge on any atom is -0.479 e. The van der Waals surface area contributed by atoms with Crippen LogP contribution in [0.15, 0.2) is 30.3 Å². The lowest BCUT2D eigenvalue weighted by molar-refractivity contribution is -0.147. The molecule has 1 aromatic rings. The van der Waals surface area contributed by atoms with Crippen molar-refractivity contribution < 1.29 is 24.2 Å². The molecular formula is C13H14FNO4. The van der Waals surface area contributed by atoms with Crippen LogP contribution < -0.4 is 5.32 Å². The monoisotopic (exact) mass is 267 g/mol. The number of benzene rings is 1. The Labute approximate surface area is 109 Å². The third-order valence-electron chi connectivity index (χ3n) is 2.28. The van der Waals surface area contributed by atoms with Gasteiger partial charge < -0.3 is 15.5 Å². The summed E-state index contributed by atoms with van der Waals surface area (Å²) in [6.07, 6.45) is 1.08. The molecule has 1 amide bonds. The molecule has 0 bridgehead atoms. The number of rotatable bonds is 6. The van der Waals surface area contributed by atoms with Crippen LogP contribution in [0.2, 0.25) is 0 Å². The van der Waals surface area contributed by atoms with E-state index in [0.29, 0.717) is 5.56 Å². The lowest BCUT2D eigenvalue weighted by Gasteiger charge is -2.05. The molecule has 0 radical (unpaired) electrons. The van der Waals surface area contributed by atoms with Gasteiger partial charge in [0.2, 0.25) is 5.91 Å². The van der Waals surface area contributed by atoms with Gasteiger partial charge in [0.15, 0.2) is 6.10 Å². The van der Waals surface area contributed by atoms with Gasteiger partial charge in [-0.2, -0.15) is 0 Å². The molecular weight excluding hydrogens is 253 g/mol. The number of carbonyl (C=O) groups is 2. The molecule has 102 valence electrons. The molecule has 0 heterocycles. The van der Waals surface area contributed by atoms with Gasteiger partial charge in [-0.3, -0.25) is 4.79 Å². The molecule has 6 heteroatoms. The van der Waals surface area contributed by atoms with Crippen molar-refractivity contribution >= 4 is 18.0 Å². The summed E-state index contributed by atoms with van der Waals surface area (Å²) in [5, 5.41) is 19.8. The Bertz CT molecular complexity index is 487. The third-order valence-corrected chi connectivity index (χ3v) is 2.28. The lowest BCUT2D eigenvalue weighted by Crippen LogP contribution is -2.28. The standard InChI is InChI=1S/C13H14FNO4/c14-10-3-1-2-9(8-10)4-5-12(17)15-7-6-11(16)13(18)19/h1-5,8,11,16H,6-7H2,(H,15,17)(H,18,19)/b5-4+. The highest BCUT2D eigenvalue weighted by molar-refractivity contribution is 5.91. The van der Waals surface area contributed by atoms with Crippen LogP contribution in [-0.4, -0.2) is 34.7 Å². The maximum atomic E-state index is 12.8. The number of carbonyl (C=O) groups excluding carboxylic acids is 1. The molecule has 1 unspecified atom stereocenters. The summed E-state index contributed by atoms with van der Waals surface area (Å²) in [4.78, 5) is 21.6. The van der Waals surface area contributed by atoms with E-state index < -0.39 is 23.8 Å². The Hall–Kier alpha value is -2.21. The average molecular weight is 267 g/mol. The van der Waals surface area contributed by atoms with Gasteiger partial charge in [-0.1, -0.05) is 12.1 Å². The largest absolute Gasteiger partial charge is 0.479 e. The number of amides is 1. The number of carboxylic acids is 1. The minimum absolute atomic E-state index is 0.0415. The van der Waals surface area contributed by atoms with E-state index >= 15 is 0 Å². The first-order valence-electron chi connectivity index (χ1n) is 5.61. The summed E-state index contributed by atoms with van der Waals surface area (Å²) in [7, 11) is 0. The van der Waals surface area contributed by atoms with Crippen LogP contribution in [0, 0.1) is 5.82 Å². The fourth-order valence-corrected chi connectivity index (χ4v) is 1.30. The van der Waals surface area contributed by atoms with Crippen molar-refractivity contribution in [3.63, 3.8) is 0 Å². The third kappa shape index (κ3) is 5.78. The maximum Gasteiger partial charge on any atom is 0.332 e. The fourth-order valence-electron chi connectivity index (χ4n) is 1.30. The van der Waals surface area contributed by atoms with Gasteiger partial charge >= 0.3 is 5.97 Å². The Morgan fingerprint density at radius 3 is 2.79 bits per heavy atom. The number of aliphatic hydroxyl groups is 1. The van der Waals surface area contributed by atoms with Gasteiger partial charge in [0.25, 0.3) is 0 Å². The van der Waals surface area contributed by atoms with Crippen LogP contribution in [0.4, 0.5) is 4.39 Å². The molecule has 0 aliphatic rings. The molecule has 0 aromatic heterocycles. The predicted octanol–water partition coefficient (Wildman–Crippen LogP) is 0.791. The number of halogens is 1. The van der Waals surface area contributed by atoms with E-state index in [0.717, 1.165) is 0 Å². The van der Waals surface area contributed by atoms with Gasteiger partial charge in [0, 0.05) is 19.0 Å². The highest BCUT2D eigenvalue weighted by atomic mass is 19.1. The first kappa shape index (κ1) is 14.8. The van der Waals surface area contributed by atoms with Crippen LogP contribution in [0.5, 0.6) is 0 Å².